The van der Waals surface area contributed by atoms with Crippen molar-refractivity contribution in [3.05, 3.63) is 58.8 Å². The Kier molecular flexibility index (Phi) is 7.41. The van der Waals surface area contributed by atoms with E-state index in [9.17, 15) is 9.59 Å². The highest BCUT2D eigenvalue weighted by atomic mass is 16.5. The molecule has 5 nitrogen and oxygen atoms in total. The summed E-state index contributed by atoms with van der Waals surface area (Å²) in [4.78, 5) is 23.6. The first-order valence-corrected chi connectivity index (χ1v) is 9.20. The Morgan fingerprint density at radius 3 is 2.48 bits per heavy atom. The lowest BCUT2D eigenvalue weighted by molar-refractivity contribution is -0.130. The molecule has 0 saturated carbocycles. The van der Waals surface area contributed by atoms with Gasteiger partial charge < -0.3 is 15.4 Å². The van der Waals surface area contributed by atoms with Gasteiger partial charge in [-0.15, -0.1) is 0 Å². The van der Waals surface area contributed by atoms with Crippen molar-refractivity contribution in [1.82, 2.24) is 10.6 Å². The average molecular weight is 368 g/mol. The molecule has 1 heterocycles. The maximum Gasteiger partial charge on any atom is 0.268 e. The van der Waals surface area contributed by atoms with Crippen molar-refractivity contribution < 1.29 is 14.3 Å². The van der Waals surface area contributed by atoms with Crippen LogP contribution in [0.2, 0.25) is 0 Å². The van der Waals surface area contributed by atoms with Crippen LogP contribution in [0.15, 0.2) is 53.3 Å². The summed E-state index contributed by atoms with van der Waals surface area (Å²) in [5.41, 5.74) is 3.72. The van der Waals surface area contributed by atoms with Crippen molar-refractivity contribution >= 4 is 17.9 Å². The highest BCUT2D eigenvalue weighted by Crippen LogP contribution is 2.15. The van der Waals surface area contributed by atoms with Gasteiger partial charge in [0.1, 0.15) is 24.1 Å². The first-order chi connectivity index (χ1) is 12.8. The van der Waals surface area contributed by atoms with Crippen LogP contribution in [0.4, 0.5) is 0 Å². The third kappa shape index (κ3) is 6.77. The third-order valence-electron chi connectivity index (χ3n) is 4.21. The van der Waals surface area contributed by atoms with Crippen molar-refractivity contribution in [3.63, 3.8) is 0 Å². The molecule has 2 N–H and O–H groups in total. The molecule has 27 heavy (non-hydrogen) atoms. The zero-order valence-corrected chi connectivity index (χ0v) is 16.5. The molecule has 2 amide bonds. The molecule has 1 aliphatic rings. The molecule has 0 aromatic heterocycles. The van der Waals surface area contributed by atoms with Gasteiger partial charge in [0.05, 0.1) is 0 Å². The van der Waals surface area contributed by atoms with Crippen molar-refractivity contribution in [3.8, 4) is 5.75 Å². The van der Waals surface area contributed by atoms with Crippen LogP contribution in [0.5, 0.6) is 5.75 Å². The molecule has 2 rings (SSSR count). The van der Waals surface area contributed by atoms with Crippen molar-refractivity contribution in [2.24, 2.45) is 0 Å². The molecular formula is C22H28N2O3. The summed E-state index contributed by atoms with van der Waals surface area (Å²) >= 11 is 0. The van der Waals surface area contributed by atoms with E-state index in [1.54, 1.807) is 13.0 Å². The summed E-state index contributed by atoms with van der Waals surface area (Å²) in [5.74, 6) is 0.264. The van der Waals surface area contributed by atoms with E-state index < -0.39 is 6.04 Å². The van der Waals surface area contributed by atoms with Crippen LogP contribution in [-0.2, 0) is 9.59 Å². The van der Waals surface area contributed by atoms with Gasteiger partial charge in [-0.25, -0.2) is 0 Å². The van der Waals surface area contributed by atoms with E-state index in [-0.39, 0.29) is 17.5 Å². The smallest absolute Gasteiger partial charge is 0.268 e. The van der Waals surface area contributed by atoms with E-state index in [4.69, 9.17) is 4.74 Å². The van der Waals surface area contributed by atoms with Gasteiger partial charge in [0.15, 0.2) is 0 Å². The van der Waals surface area contributed by atoms with Crippen LogP contribution in [-0.4, -0.2) is 24.5 Å². The summed E-state index contributed by atoms with van der Waals surface area (Å²) < 4.78 is 5.74. The number of amides is 2. The maximum atomic E-state index is 11.9. The standard InChI is InChI=1S/C22H28N2O3/c1-15(2)6-5-7-16(3)12-13-27-19-10-8-18(9-11-19)14-20-22(26)23-17(4)21(25)24-20/h6,8-12,14,17H,5,7,13H2,1-4H3,(H,23,26)(H,24,25)/b16-12+,20-14+/t17-/m0/s1. The van der Waals surface area contributed by atoms with Gasteiger partial charge in [-0.05, 0) is 70.4 Å². The van der Waals surface area contributed by atoms with Gasteiger partial charge in [0.25, 0.3) is 5.91 Å². The Morgan fingerprint density at radius 2 is 1.81 bits per heavy atom. The van der Waals surface area contributed by atoms with E-state index in [1.807, 2.05) is 24.3 Å². The minimum Gasteiger partial charge on any atom is -0.490 e. The van der Waals surface area contributed by atoms with E-state index in [0.717, 1.165) is 24.2 Å². The Morgan fingerprint density at radius 1 is 1.11 bits per heavy atom. The van der Waals surface area contributed by atoms with Gasteiger partial charge in [0, 0.05) is 0 Å². The van der Waals surface area contributed by atoms with Gasteiger partial charge in [-0.3, -0.25) is 9.59 Å². The minimum atomic E-state index is -0.510. The summed E-state index contributed by atoms with van der Waals surface area (Å²) in [7, 11) is 0. The monoisotopic (exact) mass is 368 g/mol. The Bertz CT molecular complexity index is 769. The number of hydrogen-bond donors (Lipinski definition) is 2. The van der Waals surface area contributed by atoms with Crippen LogP contribution in [0.3, 0.4) is 0 Å². The summed E-state index contributed by atoms with van der Waals surface area (Å²) in [6, 6.07) is 6.90. The lowest BCUT2D eigenvalue weighted by atomic mass is 10.1. The second-order valence-corrected chi connectivity index (χ2v) is 6.99. The number of nitrogens with one attached hydrogen (secondary N) is 2. The fraction of sp³-hybridized carbons (Fsp3) is 0.364. The number of allylic oxidation sites excluding steroid dienone is 3. The molecule has 1 atom stereocenters. The molecule has 0 spiro atoms. The summed E-state index contributed by atoms with van der Waals surface area (Å²) in [6.07, 6.45) is 8.07. The zero-order valence-electron chi connectivity index (χ0n) is 16.5. The number of ether oxygens (including phenoxy) is 1. The Hall–Kier alpha value is -2.82. The van der Waals surface area contributed by atoms with E-state index >= 15 is 0 Å². The highest BCUT2D eigenvalue weighted by Gasteiger charge is 2.25. The number of piperazine rings is 1. The molecule has 0 radical (unpaired) electrons. The van der Waals surface area contributed by atoms with Gasteiger partial charge >= 0.3 is 0 Å². The molecule has 1 aromatic rings. The number of carbonyl (C=O) groups excluding carboxylic acids is 2. The van der Waals surface area contributed by atoms with Gasteiger partial charge in [0.2, 0.25) is 5.91 Å². The average Bonchev–Trinajstić information content (AvgIpc) is 2.61. The second-order valence-electron chi connectivity index (χ2n) is 6.99. The predicted molar refractivity (Wildman–Crippen MR) is 108 cm³/mol. The Labute approximate surface area is 161 Å². The van der Waals surface area contributed by atoms with Crippen LogP contribution in [0.25, 0.3) is 6.08 Å². The lowest BCUT2D eigenvalue weighted by Gasteiger charge is -2.21. The number of hydrogen-bond acceptors (Lipinski definition) is 3. The van der Waals surface area contributed by atoms with Crippen molar-refractivity contribution in [2.45, 2.75) is 46.6 Å². The molecule has 0 unspecified atom stereocenters. The molecular weight excluding hydrogens is 340 g/mol. The first kappa shape index (κ1) is 20.5. The summed E-state index contributed by atoms with van der Waals surface area (Å²) in [5, 5.41) is 5.23. The third-order valence-corrected chi connectivity index (χ3v) is 4.21. The topological polar surface area (TPSA) is 67.4 Å². The fourth-order valence-electron chi connectivity index (χ4n) is 2.54. The Balaban J connectivity index is 1.88. The van der Waals surface area contributed by atoms with Gasteiger partial charge in [-0.2, -0.15) is 0 Å². The summed E-state index contributed by atoms with van der Waals surface area (Å²) in [6.45, 7) is 8.50. The first-order valence-electron chi connectivity index (χ1n) is 9.20. The normalized spacial score (nSPS) is 18.7. The molecule has 144 valence electrons. The SMILES string of the molecule is CC(C)=CCC/C(C)=C/COc1ccc(/C=C2/NC(=O)[C@H](C)NC2=O)cc1. The molecule has 0 bridgehead atoms. The molecule has 5 heteroatoms. The number of rotatable bonds is 7. The molecule has 0 aliphatic carbocycles. The second kappa shape index (κ2) is 9.76. The molecule has 1 fully saturated rings. The lowest BCUT2D eigenvalue weighted by Crippen LogP contribution is -2.53. The maximum absolute atomic E-state index is 11.9. The zero-order chi connectivity index (χ0) is 19.8. The fourth-order valence-corrected chi connectivity index (χ4v) is 2.54. The number of carbonyl (C=O) groups is 2. The van der Waals surface area contributed by atoms with E-state index in [0.29, 0.717) is 6.61 Å². The largest absolute Gasteiger partial charge is 0.490 e. The van der Waals surface area contributed by atoms with Crippen LogP contribution < -0.4 is 15.4 Å². The van der Waals surface area contributed by atoms with Crippen molar-refractivity contribution in [2.75, 3.05) is 6.61 Å². The molecule has 1 saturated heterocycles. The predicted octanol–water partition coefficient (Wildman–Crippen LogP) is 3.73. The van der Waals surface area contributed by atoms with E-state index in [1.165, 1.54) is 11.1 Å². The number of benzene rings is 1. The molecule has 1 aromatic carbocycles. The molecule has 1 aliphatic heterocycles. The van der Waals surface area contributed by atoms with Crippen molar-refractivity contribution in [1.29, 1.82) is 0 Å². The van der Waals surface area contributed by atoms with Crippen LogP contribution in [0.1, 0.15) is 46.1 Å². The van der Waals surface area contributed by atoms with E-state index in [2.05, 4.69) is 43.6 Å². The van der Waals surface area contributed by atoms with Crippen LogP contribution >= 0.6 is 0 Å². The highest BCUT2D eigenvalue weighted by molar-refractivity contribution is 6.07. The minimum absolute atomic E-state index is 0.215. The van der Waals surface area contributed by atoms with Gasteiger partial charge in [-0.1, -0.05) is 29.4 Å². The van der Waals surface area contributed by atoms with Crippen LogP contribution in [0, 0.1) is 0 Å². The quantitative estimate of drug-likeness (QED) is 0.569.